The Hall–Kier alpha value is -1.23. The number of nitrogens with zero attached hydrogens (tertiary/aromatic N) is 4. The molecular formula is C12H29N6O16P3. The number of hydrogen-bond acceptors (Lipinski definition) is 12. The van der Waals surface area contributed by atoms with Gasteiger partial charge in [0.15, 0.2) is 6.23 Å². The van der Waals surface area contributed by atoms with Gasteiger partial charge >= 0.3 is 23.5 Å². The molecule has 3 heterocycles. The molecule has 2 aliphatic rings. The number of nitrogens with one attached hydrogen (secondary N) is 1. The average molecular weight is 606 g/mol. The lowest BCUT2D eigenvalue weighted by atomic mass is 10.1. The van der Waals surface area contributed by atoms with E-state index in [2.05, 4.69) is 15.3 Å². The number of fused-ring (bicyclic) bond motifs is 1. The highest BCUT2D eigenvalue weighted by atomic mass is 31.2. The van der Waals surface area contributed by atoms with E-state index < -0.39 is 53.8 Å². The summed E-state index contributed by atoms with van der Waals surface area (Å²) >= 11 is 0. The fourth-order valence-corrected chi connectivity index (χ4v) is 2.66. The van der Waals surface area contributed by atoms with Gasteiger partial charge in [0.25, 0.3) is 0 Å². The fourth-order valence-electron chi connectivity index (χ4n) is 2.66. The van der Waals surface area contributed by atoms with Crippen molar-refractivity contribution in [2.45, 2.75) is 30.3 Å². The SMILES string of the molecule is CN(C)C1(N)N=CNc2c1ncn2[C@@H]1O[C@H](CO)[C@@H](O)[C@H]1O.O=P(O)(O)O.O=P(O)(O)O.O=P(O)(O)O. The van der Waals surface area contributed by atoms with Crippen LogP contribution in [0.25, 0.3) is 0 Å². The van der Waals surface area contributed by atoms with Crippen molar-refractivity contribution in [3.05, 3.63) is 12.0 Å². The summed E-state index contributed by atoms with van der Waals surface area (Å²) in [6, 6.07) is 0. The van der Waals surface area contributed by atoms with E-state index in [9.17, 15) is 15.3 Å². The van der Waals surface area contributed by atoms with Crippen LogP contribution in [0.4, 0.5) is 5.82 Å². The smallest absolute Gasteiger partial charge is 0.394 e. The summed E-state index contributed by atoms with van der Waals surface area (Å²) in [7, 11) is -10.4. The van der Waals surface area contributed by atoms with Crippen molar-refractivity contribution in [2.24, 2.45) is 10.7 Å². The summed E-state index contributed by atoms with van der Waals surface area (Å²) < 4.78 is 33.7. The fraction of sp³-hybridized carbons (Fsp3) is 0.667. The number of anilines is 1. The van der Waals surface area contributed by atoms with Crippen molar-refractivity contribution in [3.8, 4) is 0 Å². The lowest BCUT2D eigenvalue weighted by Crippen LogP contribution is -2.50. The third-order valence-corrected chi connectivity index (χ3v) is 4.08. The van der Waals surface area contributed by atoms with Crippen LogP contribution < -0.4 is 11.1 Å². The number of phosphoric acid groups is 3. The summed E-state index contributed by atoms with van der Waals surface area (Å²) in [5.41, 5.74) is 6.73. The molecule has 0 aliphatic carbocycles. The maximum atomic E-state index is 10.1. The minimum absolute atomic E-state index is 0.390. The Morgan fingerprint density at radius 2 is 1.43 bits per heavy atom. The summed E-state index contributed by atoms with van der Waals surface area (Å²) in [4.78, 5) is 74.9. The molecular weight excluding hydrogens is 577 g/mol. The van der Waals surface area contributed by atoms with E-state index in [1.165, 1.54) is 17.2 Å². The number of aliphatic hydroxyl groups is 3. The molecule has 0 radical (unpaired) electrons. The molecule has 3 rings (SSSR count). The summed E-state index contributed by atoms with van der Waals surface area (Å²) in [5, 5.41) is 32.1. The lowest BCUT2D eigenvalue weighted by Gasteiger charge is -2.34. The zero-order valence-electron chi connectivity index (χ0n) is 18.9. The zero-order chi connectivity index (χ0) is 29.6. The second kappa shape index (κ2) is 13.7. The van der Waals surface area contributed by atoms with Gasteiger partial charge in [-0.05, 0) is 14.1 Å². The van der Waals surface area contributed by atoms with Gasteiger partial charge in [-0.25, -0.2) is 23.7 Å². The van der Waals surface area contributed by atoms with Crippen LogP contribution in [0.2, 0.25) is 0 Å². The maximum Gasteiger partial charge on any atom is 0.466 e. The predicted molar refractivity (Wildman–Crippen MR) is 120 cm³/mol. The molecule has 5 atom stereocenters. The molecule has 1 saturated heterocycles. The van der Waals surface area contributed by atoms with E-state index in [1.54, 1.807) is 19.0 Å². The van der Waals surface area contributed by atoms with E-state index in [0.29, 0.717) is 11.5 Å². The van der Waals surface area contributed by atoms with Crippen LogP contribution in [0, 0.1) is 0 Å². The van der Waals surface area contributed by atoms with Crippen molar-refractivity contribution < 1.29 is 77.8 Å². The molecule has 15 N–H and O–H groups in total. The Kier molecular flexibility index (Phi) is 13.3. The lowest BCUT2D eigenvalue weighted by molar-refractivity contribution is -0.0519. The quantitative estimate of drug-likeness (QED) is 0.113. The maximum absolute atomic E-state index is 10.1. The van der Waals surface area contributed by atoms with Crippen LogP contribution in [0.3, 0.4) is 0 Å². The van der Waals surface area contributed by atoms with Crippen molar-refractivity contribution >= 4 is 35.6 Å². The molecule has 0 bridgehead atoms. The third kappa shape index (κ3) is 13.4. The van der Waals surface area contributed by atoms with E-state index >= 15 is 0 Å². The summed E-state index contributed by atoms with van der Waals surface area (Å²) in [6.07, 6.45) is -1.20. The van der Waals surface area contributed by atoms with Crippen LogP contribution in [-0.2, 0) is 24.2 Å². The van der Waals surface area contributed by atoms with Crippen LogP contribution in [0.5, 0.6) is 0 Å². The monoisotopic (exact) mass is 606 g/mol. The van der Waals surface area contributed by atoms with Gasteiger partial charge in [0.05, 0.1) is 19.3 Å². The second-order valence-electron chi connectivity index (χ2n) is 7.14. The normalized spacial score (nSPS) is 27.0. The van der Waals surface area contributed by atoms with Crippen molar-refractivity contribution in [3.63, 3.8) is 0 Å². The van der Waals surface area contributed by atoms with Gasteiger partial charge in [-0.2, -0.15) is 0 Å². The minimum atomic E-state index is -4.64. The second-order valence-corrected chi connectivity index (χ2v) is 10.2. The van der Waals surface area contributed by atoms with E-state index in [4.69, 9.17) is 68.2 Å². The van der Waals surface area contributed by atoms with Gasteiger partial charge in [-0.1, -0.05) is 0 Å². The van der Waals surface area contributed by atoms with E-state index in [0.717, 1.165) is 0 Å². The Bertz CT molecular complexity index is 964. The van der Waals surface area contributed by atoms with Crippen molar-refractivity contribution in [1.82, 2.24) is 14.5 Å². The molecule has 1 fully saturated rings. The van der Waals surface area contributed by atoms with Crippen LogP contribution in [0.1, 0.15) is 11.9 Å². The molecule has 22 nitrogen and oxygen atoms in total. The molecule has 0 aromatic carbocycles. The van der Waals surface area contributed by atoms with Gasteiger partial charge in [0.2, 0.25) is 5.79 Å². The zero-order valence-corrected chi connectivity index (χ0v) is 21.6. The number of imidazole rings is 1. The highest BCUT2D eigenvalue weighted by Gasteiger charge is 2.46. The van der Waals surface area contributed by atoms with Crippen LogP contribution in [-0.4, -0.2) is 119 Å². The summed E-state index contributed by atoms with van der Waals surface area (Å²) in [6.45, 7) is -0.390. The van der Waals surface area contributed by atoms with Gasteiger partial charge < -0.3 is 69.4 Å². The van der Waals surface area contributed by atoms with Crippen molar-refractivity contribution in [2.75, 3.05) is 26.0 Å². The topological polar surface area (TPSA) is 375 Å². The number of aliphatic hydroxyl groups excluding tert-OH is 3. The van der Waals surface area contributed by atoms with Gasteiger partial charge in [0, 0.05) is 0 Å². The Morgan fingerprint density at radius 3 is 1.78 bits per heavy atom. The Morgan fingerprint density at radius 1 is 1.00 bits per heavy atom. The summed E-state index contributed by atoms with van der Waals surface area (Å²) in [5.74, 6) is -0.620. The number of ether oxygens (including phenoxy) is 1. The first-order valence-electron chi connectivity index (χ1n) is 9.21. The molecule has 37 heavy (non-hydrogen) atoms. The van der Waals surface area contributed by atoms with Gasteiger partial charge in [-0.15, -0.1) is 0 Å². The molecule has 0 saturated carbocycles. The van der Waals surface area contributed by atoms with E-state index in [-0.39, 0.29) is 6.61 Å². The molecule has 1 aromatic heterocycles. The third-order valence-electron chi connectivity index (χ3n) is 4.08. The van der Waals surface area contributed by atoms with Gasteiger partial charge in [-0.3, -0.25) is 15.2 Å². The molecule has 1 aromatic rings. The first-order valence-corrected chi connectivity index (χ1v) is 13.9. The number of aromatic nitrogens is 2. The molecule has 2 aliphatic heterocycles. The number of rotatable bonds is 3. The molecule has 218 valence electrons. The Labute approximate surface area is 207 Å². The number of nitrogens with two attached hydrogens (primary N) is 1. The Balaban J connectivity index is 0.000000711. The van der Waals surface area contributed by atoms with Crippen LogP contribution >= 0.6 is 23.5 Å². The first-order chi connectivity index (χ1) is 16.4. The average Bonchev–Trinajstić information content (AvgIpc) is 3.20. The predicted octanol–water partition coefficient (Wildman–Crippen LogP) is -5.21. The largest absolute Gasteiger partial charge is 0.466 e. The highest BCUT2D eigenvalue weighted by Crippen LogP contribution is 2.37. The van der Waals surface area contributed by atoms with Crippen molar-refractivity contribution in [1.29, 1.82) is 0 Å². The number of aliphatic imine (C=N–C) groups is 1. The van der Waals surface area contributed by atoms with Gasteiger partial charge in [0.1, 0.15) is 29.8 Å². The number of hydrogen-bond donors (Lipinski definition) is 14. The highest BCUT2D eigenvalue weighted by molar-refractivity contribution is 7.45. The molecule has 25 heteroatoms. The standard InChI is InChI=1S/C12H20N6O4.3H3O4P/c1-17(2)12(13)9-10(14-4-16-12)18(5-15-9)11-8(21)7(20)6(3-19)22-11;3*1-5(2,3)4/h4-8,11,19-21H,3,13H2,1-2H3,(H,14,16);3*(H3,1,2,3,4)/t6-,7-,8-,11-,12?;;;/m1.../s1. The molecule has 1 unspecified atom stereocenters. The first kappa shape index (κ1) is 35.8. The molecule has 0 amide bonds. The van der Waals surface area contributed by atoms with E-state index in [1.807, 2.05) is 0 Å². The molecule has 0 spiro atoms. The van der Waals surface area contributed by atoms with Crippen LogP contribution in [0.15, 0.2) is 11.3 Å². The minimum Gasteiger partial charge on any atom is -0.394 e.